The van der Waals surface area contributed by atoms with Crippen LogP contribution in [0, 0.1) is 11.7 Å². The SMILES string of the molecule is O=C(/C=C/c1ccc(-c2ccccc2F)nc1)N(CC1CCCCC1)OC(=O)C(F)(F)F. The van der Waals surface area contributed by atoms with Crippen LogP contribution in [0.1, 0.15) is 37.7 Å². The molecule has 3 rings (SSSR count). The summed E-state index contributed by atoms with van der Waals surface area (Å²) in [4.78, 5) is 32.3. The van der Waals surface area contributed by atoms with Gasteiger partial charge in [0.05, 0.1) is 12.2 Å². The predicted molar refractivity (Wildman–Crippen MR) is 109 cm³/mol. The Morgan fingerprint density at radius 3 is 2.44 bits per heavy atom. The Bertz CT molecular complexity index is 968. The molecular formula is C23H22F4N2O3. The van der Waals surface area contributed by atoms with E-state index in [1.807, 2.05) is 0 Å². The van der Waals surface area contributed by atoms with E-state index in [0.29, 0.717) is 21.9 Å². The van der Waals surface area contributed by atoms with Crippen LogP contribution in [0.15, 0.2) is 48.7 Å². The first-order chi connectivity index (χ1) is 15.2. The molecule has 1 aliphatic rings. The normalized spacial score (nSPS) is 15.0. The van der Waals surface area contributed by atoms with Crippen molar-refractivity contribution in [1.29, 1.82) is 0 Å². The van der Waals surface area contributed by atoms with Crippen LogP contribution in [0.25, 0.3) is 17.3 Å². The summed E-state index contributed by atoms with van der Waals surface area (Å²) in [7, 11) is 0. The maximum Gasteiger partial charge on any atom is 0.493 e. The topological polar surface area (TPSA) is 59.5 Å². The van der Waals surface area contributed by atoms with Gasteiger partial charge >= 0.3 is 12.1 Å². The van der Waals surface area contributed by atoms with Crippen LogP contribution in [0.2, 0.25) is 0 Å². The molecule has 0 unspecified atom stereocenters. The Hall–Kier alpha value is -3.23. The number of hydrogen-bond donors (Lipinski definition) is 0. The molecule has 1 aromatic heterocycles. The monoisotopic (exact) mass is 450 g/mol. The number of hydrogen-bond acceptors (Lipinski definition) is 4. The maximum absolute atomic E-state index is 13.9. The Balaban J connectivity index is 1.71. The van der Waals surface area contributed by atoms with Gasteiger partial charge in [-0.2, -0.15) is 18.2 Å². The second-order valence-corrected chi connectivity index (χ2v) is 7.57. The summed E-state index contributed by atoms with van der Waals surface area (Å²) in [5, 5.41) is 0.476. The third-order valence-corrected chi connectivity index (χ3v) is 5.17. The summed E-state index contributed by atoms with van der Waals surface area (Å²) in [6, 6.07) is 9.28. The molecule has 1 heterocycles. The Labute approximate surface area is 182 Å². The molecule has 0 bridgehead atoms. The van der Waals surface area contributed by atoms with E-state index in [2.05, 4.69) is 9.82 Å². The molecule has 1 saturated carbocycles. The molecule has 0 radical (unpaired) electrons. The van der Waals surface area contributed by atoms with Crippen molar-refractivity contribution in [3.8, 4) is 11.3 Å². The zero-order chi connectivity index (χ0) is 23.1. The van der Waals surface area contributed by atoms with Crippen LogP contribution in [-0.4, -0.2) is 34.6 Å². The largest absolute Gasteiger partial charge is 0.493 e. The molecule has 5 nitrogen and oxygen atoms in total. The first-order valence-electron chi connectivity index (χ1n) is 10.2. The third-order valence-electron chi connectivity index (χ3n) is 5.17. The molecule has 0 spiro atoms. The zero-order valence-corrected chi connectivity index (χ0v) is 17.1. The van der Waals surface area contributed by atoms with E-state index in [4.69, 9.17) is 0 Å². The summed E-state index contributed by atoms with van der Waals surface area (Å²) in [5.41, 5.74) is 1.18. The molecule has 9 heteroatoms. The predicted octanol–water partition coefficient (Wildman–Crippen LogP) is 5.33. The molecule has 1 amide bonds. The van der Waals surface area contributed by atoms with Gasteiger partial charge in [-0.3, -0.25) is 9.78 Å². The molecule has 0 aliphatic heterocycles. The van der Waals surface area contributed by atoms with Crippen molar-refractivity contribution in [3.63, 3.8) is 0 Å². The van der Waals surface area contributed by atoms with Crippen molar-refractivity contribution in [1.82, 2.24) is 10.0 Å². The number of alkyl halides is 3. The highest BCUT2D eigenvalue weighted by Gasteiger charge is 2.43. The highest BCUT2D eigenvalue weighted by Crippen LogP contribution is 2.26. The smallest absolute Gasteiger partial charge is 0.329 e. The summed E-state index contributed by atoms with van der Waals surface area (Å²) < 4.78 is 51.8. The highest BCUT2D eigenvalue weighted by atomic mass is 19.4. The van der Waals surface area contributed by atoms with Gasteiger partial charge in [0.15, 0.2) is 0 Å². The lowest BCUT2D eigenvalue weighted by atomic mass is 9.89. The van der Waals surface area contributed by atoms with Gasteiger partial charge < -0.3 is 4.84 Å². The van der Waals surface area contributed by atoms with Crippen molar-refractivity contribution < 1.29 is 32.0 Å². The van der Waals surface area contributed by atoms with Crippen molar-refractivity contribution in [2.45, 2.75) is 38.3 Å². The molecule has 170 valence electrons. The van der Waals surface area contributed by atoms with Crippen molar-refractivity contribution in [2.75, 3.05) is 6.54 Å². The molecule has 0 N–H and O–H groups in total. The van der Waals surface area contributed by atoms with Gasteiger partial charge in [0.25, 0.3) is 5.91 Å². The summed E-state index contributed by atoms with van der Waals surface area (Å²) in [5.74, 6) is -3.79. The van der Waals surface area contributed by atoms with Gasteiger partial charge in [0.2, 0.25) is 0 Å². The molecular weight excluding hydrogens is 428 g/mol. The third kappa shape index (κ3) is 6.38. The second kappa shape index (κ2) is 10.4. The number of benzene rings is 1. The average molecular weight is 450 g/mol. The number of pyridine rings is 1. The van der Waals surface area contributed by atoms with E-state index in [1.54, 1.807) is 30.3 Å². The van der Waals surface area contributed by atoms with Crippen molar-refractivity contribution in [2.24, 2.45) is 5.92 Å². The average Bonchev–Trinajstić information content (AvgIpc) is 2.78. The lowest BCUT2D eigenvalue weighted by Crippen LogP contribution is -2.40. The van der Waals surface area contributed by atoms with Crippen LogP contribution in [0.5, 0.6) is 0 Å². The number of rotatable bonds is 5. The molecule has 1 aromatic carbocycles. The minimum atomic E-state index is -5.21. The number of hydroxylamine groups is 2. The quantitative estimate of drug-likeness (QED) is 0.351. The van der Waals surface area contributed by atoms with Crippen molar-refractivity contribution >= 4 is 18.0 Å². The first kappa shape index (κ1) is 23.4. The molecule has 2 aromatic rings. The summed E-state index contributed by atoms with van der Waals surface area (Å²) in [6.07, 6.45) is 2.91. The van der Waals surface area contributed by atoms with Crippen molar-refractivity contribution in [3.05, 3.63) is 60.1 Å². The summed E-state index contributed by atoms with van der Waals surface area (Å²) >= 11 is 0. The fraction of sp³-hybridized carbons (Fsp3) is 0.348. The summed E-state index contributed by atoms with van der Waals surface area (Å²) in [6.45, 7) is -0.102. The van der Waals surface area contributed by atoms with Crippen LogP contribution in [0.4, 0.5) is 17.6 Å². The molecule has 0 atom stereocenters. The van der Waals surface area contributed by atoms with E-state index in [9.17, 15) is 27.2 Å². The molecule has 1 aliphatic carbocycles. The second-order valence-electron chi connectivity index (χ2n) is 7.57. The fourth-order valence-corrected chi connectivity index (χ4v) is 3.51. The van der Waals surface area contributed by atoms with Gasteiger partial charge in [0.1, 0.15) is 5.82 Å². The van der Waals surface area contributed by atoms with Gasteiger partial charge in [-0.05, 0) is 48.6 Å². The standard InChI is InChI=1S/C23H22F4N2O3/c24-19-9-5-4-8-18(19)20-12-10-16(14-28-20)11-13-21(30)29(32-22(31)23(25,26)27)15-17-6-2-1-3-7-17/h4-5,8-14,17H,1-3,6-7,15H2/b13-11+. The van der Waals surface area contributed by atoms with E-state index < -0.39 is 23.9 Å². The Morgan fingerprint density at radius 2 is 1.81 bits per heavy atom. The van der Waals surface area contributed by atoms with Crippen LogP contribution >= 0.6 is 0 Å². The number of aromatic nitrogens is 1. The number of halogens is 4. The fourth-order valence-electron chi connectivity index (χ4n) is 3.51. The lowest BCUT2D eigenvalue weighted by molar-refractivity contribution is -0.237. The van der Waals surface area contributed by atoms with Gasteiger partial charge in [-0.25, -0.2) is 9.18 Å². The minimum Gasteiger partial charge on any atom is -0.329 e. The molecule has 1 fully saturated rings. The lowest BCUT2D eigenvalue weighted by Gasteiger charge is -2.27. The Kier molecular flexibility index (Phi) is 7.61. The van der Waals surface area contributed by atoms with E-state index in [-0.39, 0.29) is 12.5 Å². The van der Waals surface area contributed by atoms with Crippen LogP contribution in [0.3, 0.4) is 0 Å². The minimum absolute atomic E-state index is 0.0381. The van der Waals surface area contributed by atoms with Gasteiger partial charge in [0, 0.05) is 17.8 Å². The first-order valence-corrected chi connectivity index (χ1v) is 10.2. The van der Waals surface area contributed by atoms with Gasteiger partial charge in [-0.15, -0.1) is 0 Å². The zero-order valence-electron chi connectivity index (χ0n) is 17.1. The number of carbonyl (C=O) groups excluding carboxylic acids is 2. The van der Waals surface area contributed by atoms with E-state index in [1.165, 1.54) is 18.3 Å². The van der Waals surface area contributed by atoms with Gasteiger partial charge in [-0.1, -0.05) is 37.5 Å². The van der Waals surface area contributed by atoms with Crippen LogP contribution in [-0.2, 0) is 14.4 Å². The number of nitrogens with zero attached hydrogens (tertiary/aromatic N) is 2. The molecule has 0 saturated heterocycles. The van der Waals surface area contributed by atoms with E-state index >= 15 is 0 Å². The van der Waals surface area contributed by atoms with Crippen LogP contribution < -0.4 is 0 Å². The number of carbonyl (C=O) groups is 2. The number of amides is 1. The molecule has 32 heavy (non-hydrogen) atoms. The Morgan fingerprint density at radius 1 is 1.09 bits per heavy atom. The van der Waals surface area contributed by atoms with E-state index in [0.717, 1.165) is 38.2 Å². The highest BCUT2D eigenvalue weighted by molar-refractivity contribution is 5.92. The maximum atomic E-state index is 13.9.